The number of amides is 1. The van der Waals surface area contributed by atoms with Gasteiger partial charge in [-0.1, -0.05) is 96.8 Å². The fourth-order valence-corrected chi connectivity index (χ4v) is 3.34. The fourth-order valence-electron chi connectivity index (χ4n) is 3.34. The van der Waals surface area contributed by atoms with Crippen LogP contribution in [-0.2, 0) is 9.59 Å². The van der Waals surface area contributed by atoms with Crippen LogP contribution in [0.2, 0.25) is 0 Å². The first-order chi connectivity index (χ1) is 13.6. The number of nitrogens with zero attached hydrogens (tertiary/aromatic N) is 1. The Balaban J connectivity index is 0. The number of carbonyl (C=O) groups is 2. The van der Waals surface area contributed by atoms with E-state index in [0.29, 0.717) is 6.42 Å². The van der Waals surface area contributed by atoms with Crippen LogP contribution in [-0.4, -0.2) is 41.7 Å². The minimum atomic E-state index is -1.28. The zero-order chi connectivity index (χ0) is 20.9. The molecule has 0 aliphatic carbocycles. The van der Waals surface area contributed by atoms with Gasteiger partial charge in [0, 0.05) is 13.0 Å². The van der Waals surface area contributed by atoms with E-state index in [1.54, 1.807) is 0 Å². The number of hydrogen-bond acceptors (Lipinski definition) is 5. The van der Waals surface area contributed by atoms with Gasteiger partial charge in [-0.25, -0.2) is 5.01 Å². The SMILES string of the molecule is CCCCCCCCCCCCCCCCCC(=O)NN(CCO)CC(=O)[O-].[Na+]. The summed E-state index contributed by atoms with van der Waals surface area (Å²) in [5, 5.41) is 20.6. The summed E-state index contributed by atoms with van der Waals surface area (Å²) in [7, 11) is 0. The van der Waals surface area contributed by atoms with Gasteiger partial charge in [0.2, 0.25) is 5.91 Å². The third kappa shape index (κ3) is 24.0. The molecule has 166 valence electrons. The van der Waals surface area contributed by atoms with Crippen molar-refractivity contribution in [3.63, 3.8) is 0 Å². The van der Waals surface area contributed by atoms with Crippen LogP contribution in [0.25, 0.3) is 0 Å². The molecule has 0 rings (SSSR count). The van der Waals surface area contributed by atoms with Crippen molar-refractivity contribution in [2.24, 2.45) is 0 Å². The number of carbonyl (C=O) groups excluding carboxylic acids is 2. The largest absolute Gasteiger partial charge is 1.00 e. The predicted molar refractivity (Wildman–Crippen MR) is 111 cm³/mol. The van der Waals surface area contributed by atoms with Gasteiger partial charge in [-0.3, -0.25) is 10.2 Å². The number of hydrogen-bond donors (Lipinski definition) is 2. The topological polar surface area (TPSA) is 92.7 Å². The molecule has 0 saturated heterocycles. The monoisotopic (exact) mass is 422 g/mol. The van der Waals surface area contributed by atoms with E-state index >= 15 is 0 Å². The van der Waals surface area contributed by atoms with E-state index in [4.69, 9.17) is 5.11 Å². The molecule has 0 atom stereocenters. The van der Waals surface area contributed by atoms with E-state index in [1.165, 1.54) is 82.1 Å². The van der Waals surface area contributed by atoms with Gasteiger partial charge < -0.3 is 15.0 Å². The molecule has 0 spiro atoms. The molecule has 0 aliphatic rings. The van der Waals surface area contributed by atoms with Crippen molar-refractivity contribution in [2.75, 3.05) is 19.7 Å². The van der Waals surface area contributed by atoms with Gasteiger partial charge in [0.05, 0.1) is 19.1 Å². The van der Waals surface area contributed by atoms with Crippen LogP contribution in [0, 0.1) is 0 Å². The normalized spacial score (nSPS) is 10.7. The van der Waals surface area contributed by atoms with Gasteiger partial charge in [-0.15, -0.1) is 0 Å². The minimum absolute atomic E-state index is 0. The van der Waals surface area contributed by atoms with Crippen molar-refractivity contribution < 1.29 is 49.4 Å². The summed E-state index contributed by atoms with van der Waals surface area (Å²) < 4.78 is 0. The van der Waals surface area contributed by atoms with E-state index in [1.807, 2.05) is 0 Å². The van der Waals surface area contributed by atoms with Crippen molar-refractivity contribution >= 4 is 11.9 Å². The number of nitrogens with one attached hydrogen (secondary N) is 1. The Hall–Kier alpha value is -0.140. The Morgan fingerprint density at radius 2 is 1.21 bits per heavy atom. The van der Waals surface area contributed by atoms with E-state index < -0.39 is 12.5 Å². The van der Waals surface area contributed by atoms with Gasteiger partial charge in [0.25, 0.3) is 0 Å². The molecular formula is C22H43N2NaO4. The first-order valence-electron chi connectivity index (χ1n) is 11.4. The summed E-state index contributed by atoms with van der Waals surface area (Å²) in [6.07, 6.45) is 19.6. The molecular weight excluding hydrogens is 379 g/mol. The summed E-state index contributed by atoms with van der Waals surface area (Å²) in [4.78, 5) is 22.4. The first-order valence-corrected chi connectivity index (χ1v) is 11.4. The van der Waals surface area contributed by atoms with Gasteiger partial charge in [-0.2, -0.15) is 0 Å². The smallest absolute Gasteiger partial charge is 0.549 e. The fraction of sp³-hybridized carbons (Fsp3) is 0.909. The third-order valence-electron chi connectivity index (χ3n) is 4.98. The summed E-state index contributed by atoms with van der Waals surface area (Å²) in [6.45, 7) is 1.71. The van der Waals surface area contributed by atoms with Crippen LogP contribution in [0.5, 0.6) is 0 Å². The summed E-state index contributed by atoms with van der Waals surface area (Å²) in [6, 6.07) is 0. The Kier molecular flexibility index (Phi) is 25.8. The molecule has 0 aromatic carbocycles. The van der Waals surface area contributed by atoms with Gasteiger partial charge in [0.1, 0.15) is 0 Å². The van der Waals surface area contributed by atoms with Crippen LogP contribution in [0.3, 0.4) is 0 Å². The van der Waals surface area contributed by atoms with Crippen molar-refractivity contribution in [1.29, 1.82) is 0 Å². The second-order valence-corrected chi connectivity index (χ2v) is 7.75. The molecule has 2 N–H and O–H groups in total. The minimum Gasteiger partial charge on any atom is -0.549 e. The molecule has 0 bridgehead atoms. The van der Waals surface area contributed by atoms with Crippen molar-refractivity contribution in [3.8, 4) is 0 Å². The Labute approximate surface area is 200 Å². The standard InChI is InChI=1S/C22H44N2O4.Na/c1-2-3-4-5-6-7-8-9-10-11-12-13-14-15-16-17-21(26)23-24(18-19-25)20-22(27)28;/h25H,2-20H2,1H3,(H,23,26)(H,27,28);/q;+1/p-1. The van der Waals surface area contributed by atoms with Crippen LogP contribution in [0.4, 0.5) is 0 Å². The Morgan fingerprint density at radius 1 is 0.793 bits per heavy atom. The second-order valence-electron chi connectivity index (χ2n) is 7.75. The number of carboxylic acids is 1. The van der Waals surface area contributed by atoms with E-state index in [-0.39, 0.29) is 48.6 Å². The Morgan fingerprint density at radius 3 is 1.59 bits per heavy atom. The third-order valence-corrected chi connectivity index (χ3v) is 4.98. The molecule has 0 saturated carbocycles. The van der Waals surface area contributed by atoms with Crippen LogP contribution in [0.1, 0.15) is 110 Å². The Bertz CT molecular complexity index is 384. The maximum atomic E-state index is 11.8. The van der Waals surface area contributed by atoms with Crippen molar-refractivity contribution in [3.05, 3.63) is 0 Å². The van der Waals surface area contributed by atoms with E-state index in [9.17, 15) is 14.7 Å². The molecule has 0 fully saturated rings. The van der Waals surface area contributed by atoms with Gasteiger partial charge >= 0.3 is 29.6 Å². The molecule has 7 heteroatoms. The van der Waals surface area contributed by atoms with Crippen LogP contribution in [0.15, 0.2) is 0 Å². The number of aliphatic carboxylic acids is 1. The first kappa shape index (κ1) is 31.0. The molecule has 0 aromatic rings. The average Bonchev–Trinajstić information content (AvgIpc) is 2.64. The number of hydrazine groups is 1. The van der Waals surface area contributed by atoms with Crippen molar-refractivity contribution in [2.45, 2.75) is 110 Å². The number of aliphatic hydroxyl groups is 1. The number of rotatable bonds is 21. The summed E-state index contributed by atoms with van der Waals surface area (Å²) >= 11 is 0. The molecule has 0 aliphatic heterocycles. The van der Waals surface area contributed by atoms with Gasteiger partial charge in [-0.05, 0) is 6.42 Å². The van der Waals surface area contributed by atoms with Crippen molar-refractivity contribution in [1.82, 2.24) is 10.4 Å². The average molecular weight is 423 g/mol. The number of aliphatic hydroxyl groups excluding tert-OH is 1. The summed E-state index contributed by atoms with van der Waals surface area (Å²) in [5.74, 6) is -1.48. The molecule has 0 unspecified atom stereocenters. The maximum Gasteiger partial charge on any atom is 1.00 e. The van der Waals surface area contributed by atoms with E-state index in [0.717, 1.165) is 19.3 Å². The molecule has 0 radical (unpaired) electrons. The second kappa shape index (κ2) is 24.1. The van der Waals surface area contributed by atoms with Gasteiger partial charge in [0.15, 0.2) is 0 Å². The molecule has 1 amide bonds. The maximum absolute atomic E-state index is 11.8. The molecule has 0 heterocycles. The zero-order valence-corrected chi connectivity index (χ0v) is 21.1. The number of unbranched alkanes of at least 4 members (excludes halogenated alkanes) is 14. The molecule has 6 nitrogen and oxygen atoms in total. The molecule has 0 aromatic heterocycles. The number of carboxylic acid groups (broad SMARTS) is 1. The van der Waals surface area contributed by atoms with Crippen LogP contribution < -0.4 is 40.1 Å². The summed E-state index contributed by atoms with van der Waals surface area (Å²) in [5.41, 5.74) is 2.51. The molecule has 29 heavy (non-hydrogen) atoms. The zero-order valence-electron chi connectivity index (χ0n) is 19.1. The van der Waals surface area contributed by atoms with Crippen LogP contribution >= 0.6 is 0 Å². The predicted octanol–water partition coefficient (Wildman–Crippen LogP) is 0.327. The van der Waals surface area contributed by atoms with E-state index in [2.05, 4.69) is 12.3 Å². The quantitative estimate of drug-likeness (QED) is 0.158.